The second kappa shape index (κ2) is 5.55. The highest BCUT2D eigenvalue weighted by molar-refractivity contribution is 6.42. The van der Waals surface area contributed by atoms with Gasteiger partial charge in [0, 0.05) is 23.9 Å². The first-order valence-corrected chi connectivity index (χ1v) is 6.40. The number of anilines is 1. The Balaban J connectivity index is 2.46. The Morgan fingerprint density at radius 2 is 1.89 bits per heavy atom. The summed E-state index contributed by atoms with van der Waals surface area (Å²) in [5.74, 6) is 1.45. The predicted molar refractivity (Wildman–Crippen MR) is 76.4 cm³/mol. The summed E-state index contributed by atoms with van der Waals surface area (Å²) in [6.07, 6.45) is 0. The van der Waals surface area contributed by atoms with Gasteiger partial charge in [-0.1, -0.05) is 23.2 Å². The molecule has 1 aromatic carbocycles. The van der Waals surface area contributed by atoms with Crippen LogP contribution in [0, 0.1) is 6.92 Å². The number of hydrogen-bond acceptors (Lipinski definition) is 3. The zero-order valence-corrected chi connectivity index (χ0v) is 11.7. The molecular weight excluding hydrogens is 269 g/mol. The first kappa shape index (κ1) is 13.1. The molecule has 0 aliphatic rings. The number of halogens is 2. The van der Waals surface area contributed by atoms with E-state index in [1.165, 1.54) is 0 Å². The van der Waals surface area contributed by atoms with E-state index in [-0.39, 0.29) is 0 Å². The van der Waals surface area contributed by atoms with Crippen molar-refractivity contribution in [1.29, 1.82) is 0 Å². The Morgan fingerprint density at radius 3 is 2.56 bits per heavy atom. The van der Waals surface area contributed by atoms with Crippen LogP contribution in [0.15, 0.2) is 24.3 Å². The number of rotatable bonds is 3. The van der Waals surface area contributed by atoms with E-state index in [0.717, 1.165) is 23.6 Å². The molecule has 0 bridgehead atoms. The summed E-state index contributed by atoms with van der Waals surface area (Å²) >= 11 is 11.9. The molecule has 3 nitrogen and oxygen atoms in total. The van der Waals surface area contributed by atoms with Gasteiger partial charge in [-0.3, -0.25) is 0 Å². The van der Waals surface area contributed by atoms with Gasteiger partial charge in [0.1, 0.15) is 5.82 Å². The average Bonchev–Trinajstić information content (AvgIpc) is 2.32. The first-order chi connectivity index (χ1) is 8.60. The first-order valence-electron chi connectivity index (χ1n) is 5.65. The summed E-state index contributed by atoms with van der Waals surface area (Å²) < 4.78 is 0. The van der Waals surface area contributed by atoms with Crippen molar-refractivity contribution in [1.82, 2.24) is 9.97 Å². The number of aromatic nitrogens is 2. The molecule has 1 N–H and O–H groups in total. The van der Waals surface area contributed by atoms with Crippen LogP contribution in [-0.2, 0) is 0 Å². The summed E-state index contributed by atoms with van der Waals surface area (Å²) in [7, 11) is 0. The van der Waals surface area contributed by atoms with E-state index >= 15 is 0 Å². The third-order valence-electron chi connectivity index (χ3n) is 2.39. The van der Waals surface area contributed by atoms with Gasteiger partial charge >= 0.3 is 0 Å². The van der Waals surface area contributed by atoms with Crippen molar-refractivity contribution in [2.45, 2.75) is 13.8 Å². The van der Waals surface area contributed by atoms with Crippen LogP contribution in [0.1, 0.15) is 12.6 Å². The van der Waals surface area contributed by atoms with Gasteiger partial charge in [-0.2, -0.15) is 0 Å². The summed E-state index contributed by atoms with van der Waals surface area (Å²) in [6, 6.07) is 7.29. The fourth-order valence-corrected chi connectivity index (χ4v) is 1.90. The van der Waals surface area contributed by atoms with E-state index in [1.54, 1.807) is 12.1 Å². The maximum absolute atomic E-state index is 6.00. The second-order valence-electron chi connectivity index (χ2n) is 3.88. The van der Waals surface area contributed by atoms with Gasteiger partial charge in [-0.15, -0.1) is 0 Å². The number of nitrogens with zero attached hydrogens (tertiary/aromatic N) is 2. The smallest absolute Gasteiger partial charge is 0.161 e. The highest BCUT2D eigenvalue weighted by Gasteiger charge is 2.07. The molecule has 0 aliphatic carbocycles. The van der Waals surface area contributed by atoms with Crippen LogP contribution in [0.25, 0.3) is 11.4 Å². The number of aryl methyl sites for hydroxylation is 1. The van der Waals surface area contributed by atoms with Crippen molar-refractivity contribution in [2.24, 2.45) is 0 Å². The van der Waals surface area contributed by atoms with Crippen molar-refractivity contribution in [3.05, 3.63) is 40.0 Å². The van der Waals surface area contributed by atoms with Gasteiger partial charge in [0.15, 0.2) is 5.82 Å². The minimum absolute atomic E-state index is 0.504. The minimum atomic E-state index is 0.504. The molecular formula is C13H13Cl2N3. The summed E-state index contributed by atoms with van der Waals surface area (Å²) in [5.41, 5.74) is 1.76. The van der Waals surface area contributed by atoms with E-state index in [0.29, 0.717) is 15.9 Å². The third kappa shape index (κ3) is 2.92. The zero-order valence-electron chi connectivity index (χ0n) is 10.2. The molecule has 0 amide bonds. The van der Waals surface area contributed by atoms with Gasteiger partial charge in [0.2, 0.25) is 0 Å². The fourth-order valence-electron chi connectivity index (χ4n) is 1.60. The SMILES string of the molecule is CCNc1cc(C)nc(-c2ccc(Cl)c(Cl)c2)n1. The van der Waals surface area contributed by atoms with E-state index in [2.05, 4.69) is 15.3 Å². The molecule has 0 fully saturated rings. The molecule has 0 radical (unpaired) electrons. The molecule has 0 unspecified atom stereocenters. The van der Waals surface area contributed by atoms with Crippen LogP contribution in [0.5, 0.6) is 0 Å². The highest BCUT2D eigenvalue weighted by atomic mass is 35.5. The van der Waals surface area contributed by atoms with Gasteiger partial charge < -0.3 is 5.32 Å². The monoisotopic (exact) mass is 281 g/mol. The summed E-state index contributed by atoms with van der Waals surface area (Å²) in [6.45, 7) is 4.77. The largest absolute Gasteiger partial charge is 0.370 e. The van der Waals surface area contributed by atoms with Crippen molar-refractivity contribution >= 4 is 29.0 Å². The van der Waals surface area contributed by atoms with Gasteiger partial charge in [-0.05, 0) is 32.0 Å². The number of nitrogens with one attached hydrogen (secondary N) is 1. The van der Waals surface area contributed by atoms with Crippen molar-refractivity contribution in [3.63, 3.8) is 0 Å². The fraction of sp³-hybridized carbons (Fsp3) is 0.231. The van der Waals surface area contributed by atoms with Crippen LogP contribution in [0.3, 0.4) is 0 Å². The lowest BCUT2D eigenvalue weighted by Gasteiger charge is -2.07. The molecule has 5 heteroatoms. The summed E-state index contributed by atoms with van der Waals surface area (Å²) in [5, 5.41) is 4.21. The molecule has 2 rings (SSSR count). The quantitative estimate of drug-likeness (QED) is 0.917. The molecule has 2 aromatic rings. The lowest BCUT2D eigenvalue weighted by atomic mass is 10.2. The number of benzene rings is 1. The number of hydrogen-bond donors (Lipinski definition) is 1. The summed E-state index contributed by atoms with van der Waals surface area (Å²) in [4.78, 5) is 8.84. The van der Waals surface area contributed by atoms with Crippen LogP contribution in [0.2, 0.25) is 10.0 Å². The molecule has 0 spiro atoms. The maximum atomic E-state index is 6.00. The normalized spacial score (nSPS) is 10.4. The lowest BCUT2D eigenvalue weighted by Crippen LogP contribution is -2.02. The van der Waals surface area contributed by atoms with Gasteiger partial charge in [0.25, 0.3) is 0 Å². The van der Waals surface area contributed by atoms with E-state index in [4.69, 9.17) is 23.2 Å². The van der Waals surface area contributed by atoms with E-state index < -0.39 is 0 Å². The Bertz CT molecular complexity index is 570. The van der Waals surface area contributed by atoms with Crippen LogP contribution in [0.4, 0.5) is 5.82 Å². The Labute approximate surface area is 116 Å². The Morgan fingerprint density at radius 1 is 1.11 bits per heavy atom. The van der Waals surface area contributed by atoms with Crippen molar-refractivity contribution < 1.29 is 0 Å². The minimum Gasteiger partial charge on any atom is -0.370 e. The molecule has 0 aliphatic heterocycles. The van der Waals surface area contributed by atoms with Gasteiger partial charge in [-0.25, -0.2) is 9.97 Å². The van der Waals surface area contributed by atoms with Crippen molar-refractivity contribution in [2.75, 3.05) is 11.9 Å². The molecule has 1 heterocycles. The molecule has 0 atom stereocenters. The molecule has 18 heavy (non-hydrogen) atoms. The molecule has 0 saturated carbocycles. The van der Waals surface area contributed by atoms with Crippen molar-refractivity contribution in [3.8, 4) is 11.4 Å². The lowest BCUT2D eigenvalue weighted by molar-refractivity contribution is 1.08. The molecule has 94 valence electrons. The topological polar surface area (TPSA) is 37.8 Å². The Hall–Kier alpha value is -1.32. The van der Waals surface area contributed by atoms with Gasteiger partial charge in [0.05, 0.1) is 10.0 Å². The van der Waals surface area contributed by atoms with E-state index in [9.17, 15) is 0 Å². The van der Waals surface area contributed by atoms with Crippen LogP contribution in [-0.4, -0.2) is 16.5 Å². The van der Waals surface area contributed by atoms with E-state index in [1.807, 2.05) is 26.0 Å². The van der Waals surface area contributed by atoms with Crippen LogP contribution >= 0.6 is 23.2 Å². The Kier molecular flexibility index (Phi) is 4.04. The molecule has 0 saturated heterocycles. The van der Waals surface area contributed by atoms with Crippen LogP contribution < -0.4 is 5.32 Å². The average molecular weight is 282 g/mol. The molecule has 1 aromatic heterocycles. The predicted octanol–water partition coefficient (Wildman–Crippen LogP) is 4.19. The highest BCUT2D eigenvalue weighted by Crippen LogP contribution is 2.27. The third-order valence-corrected chi connectivity index (χ3v) is 3.13. The standard InChI is InChI=1S/C13H13Cl2N3/c1-3-16-12-6-8(2)17-13(18-12)9-4-5-10(14)11(15)7-9/h4-7H,3H2,1-2H3,(H,16,17,18). The maximum Gasteiger partial charge on any atom is 0.161 e. The zero-order chi connectivity index (χ0) is 13.1. The second-order valence-corrected chi connectivity index (χ2v) is 4.69.